The van der Waals surface area contributed by atoms with Crippen LogP contribution in [0.15, 0.2) is 42.5 Å². The molecule has 0 atom stereocenters. The monoisotopic (exact) mass is 376 g/mol. The number of amides is 2. The first-order valence-electron chi connectivity index (χ1n) is 8.67. The van der Waals surface area contributed by atoms with Gasteiger partial charge < -0.3 is 9.80 Å². The van der Waals surface area contributed by atoms with E-state index in [2.05, 4.69) is 0 Å². The van der Waals surface area contributed by atoms with E-state index in [1.54, 1.807) is 17.0 Å². The number of rotatable bonds is 4. The lowest BCUT2D eigenvalue weighted by Crippen LogP contribution is -2.36. The van der Waals surface area contributed by atoms with E-state index in [-0.39, 0.29) is 55.7 Å². The molecule has 27 heavy (non-hydrogen) atoms. The van der Waals surface area contributed by atoms with Crippen molar-refractivity contribution in [1.82, 2.24) is 9.80 Å². The largest absolute Gasteiger partial charge is 0.340 e. The summed E-state index contributed by atoms with van der Waals surface area (Å²) in [6.45, 7) is 1.06. The number of hydrogen-bond donors (Lipinski definition) is 0. The summed E-state index contributed by atoms with van der Waals surface area (Å²) >= 11 is 0. The number of benzene rings is 2. The van der Waals surface area contributed by atoms with Gasteiger partial charge in [-0.3, -0.25) is 9.59 Å². The number of carbonyl (C=O) groups excluding carboxylic acids is 2. The lowest BCUT2D eigenvalue weighted by Gasteiger charge is -2.22. The highest BCUT2D eigenvalue weighted by Gasteiger charge is 2.24. The molecule has 0 radical (unpaired) electrons. The molecule has 3 rings (SSSR count). The van der Waals surface area contributed by atoms with Crippen LogP contribution < -0.4 is 0 Å². The standard InChI is InChI=1S/C20H19F3N2O2/c21-16-5-1-3-14(11-16)13-25-10-9-24(8-7-18(25)26)19(27)12-15-4-2-6-17(22)20(15)23/h1-6,11H,7-10,12-13H2. The minimum Gasteiger partial charge on any atom is -0.340 e. The Morgan fingerprint density at radius 1 is 1.00 bits per heavy atom. The highest BCUT2D eigenvalue weighted by molar-refractivity contribution is 5.81. The molecule has 7 heteroatoms. The van der Waals surface area contributed by atoms with Crippen LogP contribution in [0.5, 0.6) is 0 Å². The number of nitrogens with zero attached hydrogens (tertiary/aromatic N) is 2. The highest BCUT2D eigenvalue weighted by atomic mass is 19.2. The van der Waals surface area contributed by atoms with E-state index >= 15 is 0 Å². The molecule has 1 fully saturated rings. The SMILES string of the molecule is O=C(Cc1cccc(F)c1F)N1CCC(=O)N(Cc2cccc(F)c2)CC1. The molecule has 0 aliphatic carbocycles. The normalized spacial score (nSPS) is 15.0. The molecule has 142 valence electrons. The van der Waals surface area contributed by atoms with E-state index in [4.69, 9.17) is 0 Å². The van der Waals surface area contributed by atoms with Crippen molar-refractivity contribution in [3.63, 3.8) is 0 Å². The fraction of sp³-hybridized carbons (Fsp3) is 0.300. The third-order valence-corrected chi connectivity index (χ3v) is 4.58. The first-order chi connectivity index (χ1) is 12.9. The quantitative estimate of drug-likeness (QED) is 0.823. The molecule has 0 bridgehead atoms. The number of hydrogen-bond acceptors (Lipinski definition) is 2. The predicted molar refractivity (Wildman–Crippen MR) is 93.1 cm³/mol. The van der Waals surface area contributed by atoms with Gasteiger partial charge in [-0.15, -0.1) is 0 Å². The molecule has 1 saturated heterocycles. The van der Waals surface area contributed by atoms with Gasteiger partial charge in [-0.05, 0) is 23.8 Å². The van der Waals surface area contributed by atoms with Gasteiger partial charge in [-0.25, -0.2) is 13.2 Å². The summed E-state index contributed by atoms with van der Waals surface area (Å²) in [5.74, 6) is -2.88. The average molecular weight is 376 g/mol. The average Bonchev–Trinajstić information content (AvgIpc) is 2.81. The summed E-state index contributed by atoms with van der Waals surface area (Å²) in [6, 6.07) is 9.74. The van der Waals surface area contributed by atoms with E-state index in [0.717, 1.165) is 6.07 Å². The van der Waals surface area contributed by atoms with Crippen LogP contribution in [-0.4, -0.2) is 41.2 Å². The van der Waals surface area contributed by atoms with Gasteiger partial charge in [0.15, 0.2) is 11.6 Å². The Bertz CT molecular complexity index is 857. The zero-order valence-corrected chi connectivity index (χ0v) is 14.6. The van der Waals surface area contributed by atoms with E-state index in [1.165, 1.54) is 29.2 Å². The molecule has 4 nitrogen and oxygen atoms in total. The second kappa shape index (κ2) is 8.24. The van der Waals surface area contributed by atoms with Crippen LogP contribution in [0, 0.1) is 17.5 Å². The maximum atomic E-state index is 13.8. The first kappa shape index (κ1) is 18.9. The van der Waals surface area contributed by atoms with Crippen molar-refractivity contribution in [2.24, 2.45) is 0 Å². The molecule has 2 aromatic rings. The Morgan fingerprint density at radius 3 is 2.56 bits per heavy atom. The van der Waals surface area contributed by atoms with Crippen LogP contribution in [0.4, 0.5) is 13.2 Å². The molecule has 0 N–H and O–H groups in total. The zero-order valence-electron chi connectivity index (χ0n) is 14.6. The summed E-state index contributed by atoms with van der Waals surface area (Å²) < 4.78 is 40.4. The smallest absolute Gasteiger partial charge is 0.227 e. The molecule has 0 unspecified atom stereocenters. The summed E-state index contributed by atoms with van der Waals surface area (Å²) in [6.07, 6.45) is -0.131. The third kappa shape index (κ3) is 4.67. The van der Waals surface area contributed by atoms with Gasteiger partial charge in [0.2, 0.25) is 11.8 Å². The van der Waals surface area contributed by atoms with E-state index in [9.17, 15) is 22.8 Å². The molecule has 0 aromatic heterocycles. The van der Waals surface area contributed by atoms with Crippen LogP contribution in [-0.2, 0) is 22.6 Å². The van der Waals surface area contributed by atoms with E-state index < -0.39 is 11.6 Å². The van der Waals surface area contributed by atoms with Gasteiger partial charge >= 0.3 is 0 Å². The minimum atomic E-state index is -1.02. The molecule has 2 amide bonds. The van der Waals surface area contributed by atoms with Crippen LogP contribution >= 0.6 is 0 Å². The number of halogens is 3. The second-order valence-corrected chi connectivity index (χ2v) is 6.47. The van der Waals surface area contributed by atoms with Crippen LogP contribution in [0.3, 0.4) is 0 Å². The molecule has 0 spiro atoms. The molecule has 1 aliphatic rings. The van der Waals surface area contributed by atoms with Crippen LogP contribution in [0.2, 0.25) is 0 Å². The molecular weight excluding hydrogens is 357 g/mol. The van der Waals surface area contributed by atoms with Crippen molar-refractivity contribution >= 4 is 11.8 Å². The molecule has 2 aromatic carbocycles. The number of carbonyl (C=O) groups is 2. The van der Waals surface area contributed by atoms with Gasteiger partial charge in [0.25, 0.3) is 0 Å². The highest BCUT2D eigenvalue weighted by Crippen LogP contribution is 2.15. The molecule has 1 heterocycles. The fourth-order valence-electron chi connectivity index (χ4n) is 3.10. The Hall–Kier alpha value is -2.83. The van der Waals surface area contributed by atoms with Crippen molar-refractivity contribution in [2.75, 3.05) is 19.6 Å². The topological polar surface area (TPSA) is 40.6 Å². The lowest BCUT2D eigenvalue weighted by atomic mass is 10.1. The maximum Gasteiger partial charge on any atom is 0.227 e. The fourth-order valence-corrected chi connectivity index (χ4v) is 3.10. The Labute approximate surface area is 155 Å². The van der Waals surface area contributed by atoms with Gasteiger partial charge in [0.1, 0.15) is 5.82 Å². The van der Waals surface area contributed by atoms with Crippen molar-refractivity contribution in [3.8, 4) is 0 Å². The minimum absolute atomic E-state index is 0.00723. The zero-order chi connectivity index (χ0) is 19.4. The van der Waals surface area contributed by atoms with Gasteiger partial charge in [-0.2, -0.15) is 0 Å². The predicted octanol–water partition coefficient (Wildman–Crippen LogP) is 2.91. The Balaban J connectivity index is 1.63. The van der Waals surface area contributed by atoms with E-state index in [0.29, 0.717) is 12.1 Å². The summed E-state index contributed by atoms with van der Waals surface area (Å²) in [7, 11) is 0. The van der Waals surface area contributed by atoms with E-state index in [1.807, 2.05) is 0 Å². The van der Waals surface area contributed by atoms with Crippen LogP contribution in [0.1, 0.15) is 17.5 Å². The van der Waals surface area contributed by atoms with Crippen LogP contribution in [0.25, 0.3) is 0 Å². The summed E-state index contributed by atoms with van der Waals surface area (Å²) in [4.78, 5) is 27.8. The Kier molecular flexibility index (Phi) is 5.78. The third-order valence-electron chi connectivity index (χ3n) is 4.58. The first-order valence-corrected chi connectivity index (χ1v) is 8.67. The van der Waals surface area contributed by atoms with Gasteiger partial charge in [-0.1, -0.05) is 24.3 Å². The van der Waals surface area contributed by atoms with Gasteiger partial charge in [0.05, 0.1) is 6.42 Å². The van der Waals surface area contributed by atoms with Crippen molar-refractivity contribution in [1.29, 1.82) is 0 Å². The van der Waals surface area contributed by atoms with Crippen molar-refractivity contribution in [2.45, 2.75) is 19.4 Å². The molecule has 1 aliphatic heterocycles. The summed E-state index contributed by atoms with van der Waals surface area (Å²) in [5, 5.41) is 0. The lowest BCUT2D eigenvalue weighted by molar-refractivity contribution is -0.130. The summed E-state index contributed by atoms with van der Waals surface area (Å²) in [5.41, 5.74) is 0.664. The van der Waals surface area contributed by atoms with Crippen molar-refractivity contribution < 1.29 is 22.8 Å². The second-order valence-electron chi connectivity index (χ2n) is 6.47. The van der Waals surface area contributed by atoms with Crippen molar-refractivity contribution in [3.05, 3.63) is 71.0 Å². The maximum absolute atomic E-state index is 13.8. The van der Waals surface area contributed by atoms with Gasteiger partial charge in [0, 0.05) is 38.2 Å². The Morgan fingerprint density at radius 2 is 1.78 bits per heavy atom. The molecular formula is C20H19F3N2O2. The molecule has 0 saturated carbocycles.